The molecule has 0 aliphatic carbocycles. The topological polar surface area (TPSA) is 31.4 Å². The molecule has 2 aromatic rings. The van der Waals surface area contributed by atoms with Gasteiger partial charge in [0.05, 0.1) is 14.2 Å². The van der Waals surface area contributed by atoms with E-state index in [4.69, 9.17) is 9.47 Å². The average Bonchev–Trinajstić information content (AvgIpc) is 2.40. The maximum absolute atomic E-state index is 5.34. The zero-order chi connectivity index (χ0) is 13.0. The number of benzene rings is 1. The van der Waals surface area contributed by atoms with E-state index < -0.39 is 0 Å². The van der Waals surface area contributed by atoms with E-state index in [2.05, 4.69) is 17.6 Å². The van der Waals surface area contributed by atoms with Gasteiger partial charge in [-0.05, 0) is 29.3 Å². The molecule has 1 aromatic carbocycles. The minimum atomic E-state index is 0.619. The van der Waals surface area contributed by atoms with Gasteiger partial charge in [-0.25, -0.2) is 4.98 Å². The second-order valence-corrected chi connectivity index (χ2v) is 4.40. The lowest BCUT2D eigenvalue weighted by atomic mass is 10.1. The summed E-state index contributed by atoms with van der Waals surface area (Å²) in [7, 11) is 3.28. The average molecular weight is 261 g/mol. The van der Waals surface area contributed by atoms with Gasteiger partial charge in [-0.2, -0.15) is 0 Å². The van der Waals surface area contributed by atoms with Gasteiger partial charge in [0.1, 0.15) is 5.75 Å². The number of aromatic nitrogens is 1. The number of ether oxygens (including phenoxy) is 2. The van der Waals surface area contributed by atoms with Crippen molar-refractivity contribution in [3.8, 4) is 11.6 Å². The van der Waals surface area contributed by atoms with E-state index in [1.165, 1.54) is 0 Å². The first kappa shape index (κ1) is 12.8. The van der Waals surface area contributed by atoms with Gasteiger partial charge in [-0.15, -0.1) is 12.6 Å². The number of nitrogens with zero attached hydrogens (tertiary/aromatic N) is 1. The number of pyridine rings is 1. The maximum atomic E-state index is 5.34. The highest BCUT2D eigenvalue weighted by atomic mass is 32.1. The highest BCUT2D eigenvalue weighted by Gasteiger charge is 2.05. The number of rotatable bonds is 4. The summed E-state index contributed by atoms with van der Waals surface area (Å²) >= 11 is 4.35. The largest absolute Gasteiger partial charge is 0.496 e. The Kier molecular flexibility index (Phi) is 4.10. The molecule has 94 valence electrons. The second kappa shape index (κ2) is 5.78. The predicted molar refractivity (Wildman–Crippen MR) is 73.8 cm³/mol. The molecule has 0 saturated carbocycles. The van der Waals surface area contributed by atoms with E-state index in [1.54, 1.807) is 14.2 Å². The molecule has 0 bridgehead atoms. The smallest absolute Gasteiger partial charge is 0.212 e. The zero-order valence-electron chi connectivity index (χ0n) is 10.4. The van der Waals surface area contributed by atoms with E-state index in [-0.39, 0.29) is 0 Å². The standard InChI is InChI=1S/C14H15NO2S/c1-16-13-5-4-12(18)8-11(13)7-10-3-6-14(17-2)15-9-10/h3-6,8-9,18H,7H2,1-2H3. The van der Waals surface area contributed by atoms with Gasteiger partial charge >= 0.3 is 0 Å². The summed E-state index contributed by atoms with van der Waals surface area (Å²) < 4.78 is 10.4. The second-order valence-electron chi connectivity index (χ2n) is 3.88. The lowest BCUT2D eigenvalue weighted by Gasteiger charge is -2.09. The van der Waals surface area contributed by atoms with Crippen molar-refractivity contribution in [2.45, 2.75) is 11.3 Å². The van der Waals surface area contributed by atoms with E-state index in [0.29, 0.717) is 5.88 Å². The molecule has 0 amide bonds. The quantitative estimate of drug-likeness (QED) is 0.859. The molecule has 3 nitrogen and oxygen atoms in total. The molecule has 0 radical (unpaired) electrons. The Morgan fingerprint density at radius 3 is 2.56 bits per heavy atom. The van der Waals surface area contributed by atoms with Crippen molar-refractivity contribution in [1.82, 2.24) is 4.98 Å². The van der Waals surface area contributed by atoms with Gasteiger partial charge in [0.25, 0.3) is 0 Å². The Morgan fingerprint density at radius 2 is 1.94 bits per heavy atom. The fraction of sp³-hybridized carbons (Fsp3) is 0.214. The summed E-state index contributed by atoms with van der Waals surface area (Å²) in [6.45, 7) is 0. The Hall–Kier alpha value is -1.68. The molecule has 1 aromatic heterocycles. The van der Waals surface area contributed by atoms with E-state index >= 15 is 0 Å². The Balaban J connectivity index is 2.24. The molecule has 0 N–H and O–H groups in total. The zero-order valence-corrected chi connectivity index (χ0v) is 11.3. The van der Waals surface area contributed by atoms with Gasteiger partial charge in [0, 0.05) is 23.6 Å². The van der Waals surface area contributed by atoms with Crippen LogP contribution < -0.4 is 9.47 Å². The van der Waals surface area contributed by atoms with Crippen molar-refractivity contribution < 1.29 is 9.47 Å². The maximum Gasteiger partial charge on any atom is 0.212 e. The summed E-state index contributed by atoms with van der Waals surface area (Å²) in [5.41, 5.74) is 2.20. The van der Waals surface area contributed by atoms with Gasteiger partial charge in [0.15, 0.2) is 0 Å². The van der Waals surface area contributed by atoms with Crippen LogP contribution in [0.2, 0.25) is 0 Å². The molecule has 0 saturated heterocycles. The van der Waals surface area contributed by atoms with E-state index in [0.717, 1.165) is 28.2 Å². The molecule has 0 unspecified atom stereocenters. The lowest BCUT2D eigenvalue weighted by molar-refractivity contribution is 0.397. The Bertz CT molecular complexity index is 526. The van der Waals surface area contributed by atoms with E-state index in [9.17, 15) is 0 Å². The number of hydrogen-bond acceptors (Lipinski definition) is 4. The van der Waals surface area contributed by atoms with Crippen molar-refractivity contribution >= 4 is 12.6 Å². The molecular weight excluding hydrogens is 246 g/mol. The van der Waals surface area contributed by atoms with Gasteiger partial charge < -0.3 is 9.47 Å². The first-order valence-electron chi connectivity index (χ1n) is 5.57. The minimum absolute atomic E-state index is 0.619. The third-order valence-corrected chi connectivity index (χ3v) is 2.94. The van der Waals surface area contributed by atoms with Crippen LogP contribution in [0.5, 0.6) is 11.6 Å². The van der Waals surface area contributed by atoms with Crippen LogP contribution in [0.3, 0.4) is 0 Å². The molecule has 2 rings (SSSR count). The Labute approximate surface area is 112 Å². The normalized spacial score (nSPS) is 10.2. The van der Waals surface area contributed by atoms with Crippen LogP contribution in [0.4, 0.5) is 0 Å². The minimum Gasteiger partial charge on any atom is -0.496 e. The van der Waals surface area contributed by atoms with Crippen molar-refractivity contribution in [3.63, 3.8) is 0 Å². The highest BCUT2D eigenvalue weighted by Crippen LogP contribution is 2.24. The van der Waals surface area contributed by atoms with Crippen molar-refractivity contribution in [3.05, 3.63) is 47.7 Å². The fourth-order valence-electron chi connectivity index (χ4n) is 1.76. The van der Waals surface area contributed by atoms with Crippen LogP contribution in [0.25, 0.3) is 0 Å². The van der Waals surface area contributed by atoms with Crippen LogP contribution in [-0.2, 0) is 6.42 Å². The number of hydrogen-bond donors (Lipinski definition) is 1. The van der Waals surface area contributed by atoms with Crippen LogP contribution in [-0.4, -0.2) is 19.2 Å². The van der Waals surface area contributed by atoms with Crippen LogP contribution in [0.1, 0.15) is 11.1 Å². The molecule has 4 heteroatoms. The number of thiol groups is 1. The van der Waals surface area contributed by atoms with Crippen molar-refractivity contribution in [2.75, 3.05) is 14.2 Å². The van der Waals surface area contributed by atoms with E-state index in [1.807, 2.05) is 36.5 Å². The third kappa shape index (κ3) is 2.96. The summed E-state index contributed by atoms with van der Waals surface area (Å²) in [6, 6.07) is 9.70. The van der Waals surface area contributed by atoms with Gasteiger partial charge in [-0.1, -0.05) is 6.07 Å². The summed E-state index contributed by atoms with van der Waals surface area (Å²) in [5.74, 6) is 1.48. The fourth-order valence-corrected chi connectivity index (χ4v) is 1.99. The van der Waals surface area contributed by atoms with Gasteiger partial charge in [0.2, 0.25) is 5.88 Å². The molecule has 18 heavy (non-hydrogen) atoms. The van der Waals surface area contributed by atoms with Crippen LogP contribution in [0.15, 0.2) is 41.4 Å². The lowest BCUT2D eigenvalue weighted by Crippen LogP contribution is -1.95. The highest BCUT2D eigenvalue weighted by molar-refractivity contribution is 7.80. The molecule has 0 aliphatic rings. The SMILES string of the molecule is COc1ccc(Cc2cc(S)ccc2OC)cn1. The first-order valence-corrected chi connectivity index (χ1v) is 6.02. The van der Waals surface area contributed by atoms with Crippen molar-refractivity contribution in [2.24, 2.45) is 0 Å². The number of methoxy groups -OCH3 is 2. The van der Waals surface area contributed by atoms with Crippen molar-refractivity contribution in [1.29, 1.82) is 0 Å². The molecule has 0 spiro atoms. The van der Waals surface area contributed by atoms with Crippen LogP contribution in [0, 0.1) is 0 Å². The molecule has 0 atom stereocenters. The molecular formula is C14H15NO2S. The first-order chi connectivity index (χ1) is 8.72. The Morgan fingerprint density at radius 1 is 1.11 bits per heavy atom. The summed E-state index contributed by atoms with van der Waals surface area (Å²) in [4.78, 5) is 5.11. The van der Waals surface area contributed by atoms with Crippen LogP contribution >= 0.6 is 12.6 Å². The monoisotopic (exact) mass is 261 g/mol. The van der Waals surface area contributed by atoms with Gasteiger partial charge in [-0.3, -0.25) is 0 Å². The predicted octanol–water partition coefficient (Wildman–Crippen LogP) is 2.98. The third-order valence-electron chi connectivity index (χ3n) is 2.67. The molecule has 1 heterocycles. The summed E-state index contributed by atoms with van der Waals surface area (Å²) in [5, 5.41) is 0. The molecule has 0 fully saturated rings. The summed E-state index contributed by atoms with van der Waals surface area (Å²) in [6.07, 6.45) is 2.57. The molecule has 0 aliphatic heterocycles.